The number of rotatable bonds is 41. The number of quaternary nitrogens is 1. The summed E-state index contributed by atoms with van der Waals surface area (Å²) >= 11 is 0. The summed E-state index contributed by atoms with van der Waals surface area (Å²) in [7, 11) is 5.95. The van der Waals surface area contributed by atoms with Crippen molar-refractivity contribution in [2.24, 2.45) is 0 Å². The molecular weight excluding hydrogens is 707 g/mol. The summed E-state index contributed by atoms with van der Waals surface area (Å²) in [5.74, 6) is -2.03. The van der Waals surface area contributed by atoms with Crippen LogP contribution >= 0.6 is 0 Å². The van der Waals surface area contributed by atoms with Gasteiger partial charge in [-0.2, -0.15) is 0 Å². The molecule has 0 aliphatic rings. The molecule has 0 radical (unpaired) electrons. The van der Waals surface area contributed by atoms with E-state index in [0.717, 1.165) is 70.6 Å². The maximum atomic E-state index is 12.7. The number of aliphatic carboxylic acids is 1. The topological polar surface area (TPSA) is 108 Å². The number of carboxylic acids is 1. The van der Waals surface area contributed by atoms with E-state index in [1.165, 1.54) is 83.5 Å². The van der Waals surface area contributed by atoms with Crippen molar-refractivity contribution in [3.05, 3.63) is 36.5 Å². The molecule has 0 saturated carbocycles. The molecular formula is C47H86NO8+. The fourth-order valence-electron chi connectivity index (χ4n) is 6.14. The van der Waals surface area contributed by atoms with Crippen LogP contribution < -0.4 is 0 Å². The highest BCUT2D eigenvalue weighted by molar-refractivity contribution is 5.71. The van der Waals surface area contributed by atoms with Crippen molar-refractivity contribution in [1.82, 2.24) is 0 Å². The number of esters is 2. The third-order valence-corrected chi connectivity index (χ3v) is 9.66. The van der Waals surface area contributed by atoms with Crippen LogP contribution in [0.25, 0.3) is 0 Å². The molecule has 2 atom stereocenters. The summed E-state index contributed by atoms with van der Waals surface area (Å²) in [5.41, 5.74) is 0. The Labute approximate surface area is 343 Å². The first kappa shape index (κ1) is 53.5. The molecule has 0 aromatic carbocycles. The minimum absolute atomic E-state index is 0.185. The Hall–Kier alpha value is -2.49. The zero-order valence-corrected chi connectivity index (χ0v) is 36.8. The summed E-state index contributed by atoms with van der Waals surface area (Å²) in [6.45, 7) is 4.74. The smallest absolute Gasteiger partial charge is 0.361 e. The Kier molecular flexibility index (Phi) is 37.6. The predicted molar refractivity (Wildman–Crippen MR) is 230 cm³/mol. The minimum Gasteiger partial charge on any atom is -0.477 e. The monoisotopic (exact) mass is 793 g/mol. The third kappa shape index (κ3) is 39.7. The normalized spacial score (nSPS) is 13.2. The number of carbonyl (C=O) groups is 3. The Morgan fingerprint density at radius 2 is 1.02 bits per heavy atom. The summed E-state index contributed by atoms with van der Waals surface area (Å²) in [6.07, 6.45) is 40.6. The predicted octanol–water partition coefficient (Wildman–Crippen LogP) is 11.8. The highest BCUT2D eigenvalue weighted by atomic mass is 16.7. The van der Waals surface area contributed by atoms with Crippen LogP contribution in [-0.4, -0.2) is 87.4 Å². The van der Waals surface area contributed by atoms with E-state index in [-0.39, 0.29) is 32.2 Å². The molecule has 9 heteroatoms. The van der Waals surface area contributed by atoms with Crippen molar-refractivity contribution >= 4 is 17.9 Å². The van der Waals surface area contributed by atoms with Crippen LogP contribution in [0.2, 0.25) is 0 Å². The molecule has 326 valence electrons. The zero-order chi connectivity index (χ0) is 41.4. The lowest BCUT2D eigenvalue weighted by atomic mass is 10.0. The zero-order valence-electron chi connectivity index (χ0n) is 36.8. The average Bonchev–Trinajstić information content (AvgIpc) is 3.15. The molecule has 0 aromatic heterocycles. The van der Waals surface area contributed by atoms with Crippen molar-refractivity contribution in [2.45, 2.75) is 200 Å². The Bertz CT molecular complexity index is 1020. The highest BCUT2D eigenvalue weighted by Crippen LogP contribution is 2.15. The fraction of sp³-hybridized carbons (Fsp3) is 0.809. The van der Waals surface area contributed by atoms with Crippen LogP contribution in [0, 0.1) is 0 Å². The molecule has 1 N–H and O–H groups in total. The maximum Gasteiger partial charge on any atom is 0.361 e. The highest BCUT2D eigenvalue weighted by Gasteiger charge is 2.25. The lowest BCUT2D eigenvalue weighted by Crippen LogP contribution is -2.40. The van der Waals surface area contributed by atoms with Crippen LogP contribution in [0.15, 0.2) is 36.5 Å². The quantitative estimate of drug-likeness (QED) is 0.0214. The number of hydrogen-bond acceptors (Lipinski definition) is 7. The van der Waals surface area contributed by atoms with Crippen LogP contribution in [-0.2, 0) is 33.3 Å². The largest absolute Gasteiger partial charge is 0.477 e. The van der Waals surface area contributed by atoms with E-state index in [1.54, 1.807) is 0 Å². The lowest BCUT2D eigenvalue weighted by Gasteiger charge is -2.25. The summed E-state index contributed by atoms with van der Waals surface area (Å²) in [4.78, 5) is 37.1. The van der Waals surface area contributed by atoms with Gasteiger partial charge in [-0.3, -0.25) is 9.59 Å². The van der Waals surface area contributed by atoms with Gasteiger partial charge in [-0.1, -0.05) is 166 Å². The van der Waals surface area contributed by atoms with E-state index in [0.29, 0.717) is 23.9 Å². The molecule has 0 fully saturated rings. The van der Waals surface area contributed by atoms with E-state index >= 15 is 0 Å². The van der Waals surface area contributed by atoms with E-state index in [1.807, 2.05) is 21.1 Å². The number of allylic oxidation sites excluding steroid dienone is 6. The van der Waals surface area contributed by atoms with Gasteiger partial charge in [0, 0.05) is 12.8 Å². The van der Waals surface area contributed by atoms with Gasteiger partial charge in [-0.05, 0) is 44.9 Å². The molecule has 0 rings (SSSR count). The van der Waals surface area contributed by atoms with Gasteiger partial charge in [0.2, 0.25) is 0 Å². The van der Waals surface area contributed by atoms with E-state index in [4.69, 9.17) is 18.9 Å². The standard InChI is InChI=1S/C47H85NO8/c1-6-8-10-12-14-16-18-20-22-24-25-27-29-31-33-35-37-44(49)54-41-43(42-55-47(46(51)52)53-40-39-48(3,4)5)56-45(50)38-36-34-32-30-28-26-23-21-19-17-15-13-11-9-7-2/h9,11,15,17,21,23,43,47H,6-8,10,12-14,16,18-20,22,24-42H2,1-5H3/p+1/b11-9-,17-15-,23-21-. The molecule has 9 nitrogen and oxygen atoms in total. The van der Waals surface area contributed by atoms with Gasteiger partial charge >= 0.3 is 17.9 Å². The first-order valence-corrected chi connectivity index (χ1v) is 22.7. The van der Waals surface area contributed by atoms with Gasteiger partial charge in [-0.25, -0.2) is 4.79 Å². The van der Waals surface area contributed by atoms with Crippen LogP contribution in [0.1, 0.15) is 187 Å². The van der Waals surface area contributed by atoms with Crippen molar-refractivity contribution in [3.63, 3.8) is 0 Å². The van der Waals surface area contributed by atoms with Gasteiger partial charge in [0.1, 0.15) is 13.2 Å². The lowest BCUT2D eigenvalue weighted by molar-refractivity contribution is -0.870. The number of nitrogens with zero attached hydrogens (tertiary/aromatic N) is 1. The number of carbonyl (C=O) groups excluding carboxylic acids is 2. The minimum atomic E-state index is -1.51. The van der Waals surface area contributed by atoms with E-state index in [2.05, 4.69) is 50.3 Å². The summed E-state index contributed by atoms with van der Waals surface area (Å²) < 4.78 is 22.7. The molecule has 0 amide bonds. The molecule has 56 heavy (non-hydrogen) atoms. The molecule has 0 aliphatic carbocycles. The third-order valence-electron chi connectivity index (χ3n) is 9.66. The number of ether oxygens (including phenoxy) is 4. The Morgan fingerprint density at radius 3 is 1.52 bits per heavy atom. The van der Waals surface area contributed by atoms with E-state index < -0.39 is 24.3 Å². The summed E-state index contributed by atoms with van der Waals surface area (Å²) in [5, 5.41) is 9.63. The van der Waals surface area contributed by atoms with Gasteiger partial charge in [0.15, 0.2) is 6.10 Å². The van der Waals surface area contributed by atoms with Crippen LogP contribution in [0.4, 0.5) is 0 Å². The molecule has 0 aliphatic heterocycles. The number of likely N-dealkylation sites (N-methyl/N-ethyl adjacent to an activating group) is 1. The molecule has 0 bridgehead atoms. The first-order valence-electron chi connectivity index (χ1n) is 22.7. The molecule has 2 unspecified atom stereocenters. The maximum absolute atomic E-state index is 12.7. The van der Waals surface area contributed by atoms with Crippen molar-refractivity contribution in [3.8, 4) is 0 Å². The number of carboxylic acid groups (broad SMARTS) is 1. The molecule has 0 spiro atoms. The second kappa shape index (κ2) is 39.3. The summed E-state index contributed by atoms with van der Waals surface area (Å²) in [6, 6.07) is 0. The average molecular weight is 793 g/mol. The van der Waals surface area contributed by atoms with Gasteiger partial charge in [0.25, 0.3) is 6.29 Å². The van der Waals surface area contributed by atoms with Gasteiger partial charge in [0.05, 0.1) is 34.4 Å². The second-order valence-corrected chi connectivity index (χ2v) is 16.3. The SMILES string of the molecule is CC/C=C\C/C=C\C/C=C\CCCCCCCC(=O)OC(COC(=O)CCCCCCCCCCCCCCCCCC)COC(OCC[N+](C)(C)C)C(=O)O. The van der Waals surface area contributed by atoms with Crippen LogP contribution in [0.5, 0.6) is 0 Å². The molecule has 0 aromatic rings. The molecule has 0 heterocycles. The fourth-order valence-corrected chi connectivity index (χ4v) is 6.14. The van der Waals surface area contributed by atoms with Crippen molar-refractivity contribution in [1.29, 1.82) is 0 Å². The van der Waals surface area contributed by atoms with Crippen LogP contribution in [0.3, 0.4) is 0 Å². The first-order chi connectivity index (χ1) is 27.1. The molecule has 0 saturated heterocycles. The van der Waals surface area contributed by atoms with E-state index in [9.17, 15) is 19.5 Å². The second-order valence-electron chi connectivity index (χ2n) is 16.3. The number of unbranched alkanes of at least 4 members (excludes halogenated alkanes) is 20. The Morgan fingerprint density at radius 1 is 0.554 bits per heavy atom. The van der Waals surface area contributed by atoms with Gasteiger partial charge in [-0.15, -0.1) is 0 Å². The van der Waals surface area contributed by atoms with Crippen molar-refractivity contribution in [2.75, 3.05) is 47.5 Å². The van der Waals surface area contributed by atoms with Gasteiger partial charge < -0.3 is 28.5 Å². The van der Waals surface area contributed by atoms with Crippen molar-refractivity contribution < 1.29 is 42.9 Å². The number of hydrogen-bond donors (Lipinski definition) is 1. The Balaban J connectivity index is 4.44.